The van der Waals surface area contributed by atoms with Gasteiger partial charge in [0.1, 0.15) is 22.8 Å². The van der Waals surface area contributed by atoms with E-state index in [2.05, 4.69) is 134 Å². The summed E-state index contributed by atoms with van der Waals surface area (Å²) in [4.78, 5) is 4.62. The molecule has 0 N–H and O–H groups in total. The number of anilines is 4. The van der Waals surface area contributed by atoms with Crippen molar-refractivity contribution in [3.8, 4) is 0 Å². The zero-order valence-electron chi connectivity index (χ0n) is 29.4. The fraction of sp³-hybridized carbons (Fsp3) is 0.149. The van der Waals surface area contributed by atoms with Gasteiger partial charge in [0.05, 0.1) is 17.4 Å². The Labute approximate surface area is 302 Å². The molecule has 6 aromatic carbocycles. The Morgan fingerprint density at radius 2 is 1.25 bits per heavy atom. The SMILES string of the molecule is CC1=CCC(N(c2ccc(F)cc2)c2cc3c4cc(N(C5=CC=C(F)CC5C)c5ccc(C)cc5)c5ccccc5c4oc3c3ccccc23)C=C1. The molecule has 1 heterocycles. The highest BCUT2D eigenvalue weighted by Gasteiger charge is 2.28. The topological polar surface area (TPSA) is 19.6 Å². The second-order valence-corrected chi connectivity index (χ2v) is 14.2. The quantitative estimate of drug-likeness (QED) is 0.174. The summed E-state index contributed by atoms with van der Waals surface area (Å²) in [5.74, 6) is -0.411. The van der Waals surface area contributed by atoms with Crippen molar-refractivity contribution in [1.29, 1.82) is 0 Å². The van der Waals surface area contributed by atoms with Crippen LogP contribution in [0.4, 0.5) is 31.5 Å². The maximum absolute atomic E-state index is 14.6. The number of allylic oxidation sites excluding steroid dienone is 6. The van der Waals surface area contributed by atoms with E-state index in [0.29, 0.717) is 6.42 Å². The molecule has 2 unspecified atom stereocenters. The van der Waals surface area contributed by atoms with Crippen LogP contribution in [0.25, 0.3) is 43.5 Å². The molecule has 7 aromatic rings. The Hall–Kier alpha value is -5.94. The van der Waals surface area contributed by atoms with Gasteiger partial charge in [0.2, 0.25) is 0 Å². The van der Waals surface area contributed by atoms with Crippen LogP contribution in [0.2, 0.25) is 0 Å². The van der Waals surface area contributed by atoms with Crippen molar-refractivity contribution in [2.75, 3.05) is 9.80 Å². The normalized spacial score (nSPS) is 17.4. The van der Waals surface area contributed by atoms with E-state index in [1.165, 1.54) is 23.3 Å². The first-order valence-corrected chi connectivity index (χ1v) is 18.0. The lowest BCUT2D eigenvalue weighted by atomic mass is 9.94. The van der Waals surface area contributed by atoms with E-state index < -0.39 is 0 Å². The average Bonchev–Trinajstić information content (AvgIpc) is 3.54. The molecule has 1 aromatic heterocycles. The average molecular weight is 685 g/mol. The third kappa shape index (κ3) is 5.39. The molecule has 52 heavy (non-hydrogen) atoms. The third-order valence-electron chi connectivity index (χ3n) is 10.6. The number of benzene rings is 6. The second kappa shape index (κ2) is 12.7. The number of nitrogens with zero attached hydrogens (tertiary/aromatic N) is 2. The van der Waals surface area contributed by atoms with E-state index in [1.807, 2.05) is 18.2 Å². The van der Waals surface area contributed by atoms with Gasteiger partial charge in [0.15, 0.2) is 0 Å². The highest BCUT2D eigenvalue weighted by Crippen LogP contribution is 2.48. The van der Waals surface area contributed by atoms with Gasteiger partial charge in [-0.25, -0.2) is 8.78 Å². The molecular formula is C47H38F2N2O. The number of hydrogen-bond donors (Lipinski definition) is 0. The lowest BCUT2D eigenvalue weighted by Gasteiger charge is -2.34. The Morgan fingerprint density at radius 3 is 1.87 bits per heavy atom. The molecule has 0 saturated heterocycles. The van der Waals surface area contributed by atoms with Crippen molar-refractivity contribution < 1.29 is 13.2 Å². The van der Waals surface area contributed by atoms with Gasteiger partial charge in [-0.1, -0.05) is 97.0 Å². The predicted molar refractivity (Wildman–Crippen MR) is 213 cm³/mol. The Kier molecular flexibility index (Phi) is 7.80. The molecule has 0 radical (unpaired) electrons. The van der Waals surface area contributed by atoms with Gasteiger partial charge in [-0.3, -0.25) is 0 Å². The van der Waals surface area contributed by atoms with Gasteiger partial charge in [0.25, 0.3) is 0 Å². The lowest BCUT2D eigenvalue weighted by molar-refractivity contribution is 0.516. The first kappa shape index (κ1) is 32.0. The van der Waals surface area contributed by atoms with Crippen LogP contribution in [0.1, 0.15) is 32.3 Å². The number of rotatable bonds is 6. The molecular weight excluding hydrogens is 647 g/mol. The van der Waals surface area contributed by atoms with Gasteiger partial charge in [-0.2, -0.15) is 0 Å². The van der Waals surface area contributed by atoms with Crippen molar-refractivity contribution in [3.05, 3.63) is 168 Å². The Balaban J connectivity index is 1.36. The van der Waals surface area contributed by atoms with E-state index in [0.717, 1.165) is 78.4 Å². The molecule has 9 rings (SSSR count). The molecule has 3 nitrogen and oxygen atoms in total. The summed E-state index contributed by atoms with van der Waals surface area (Å²) in [6.07, 6.45) is 11.4. The molecule has 0 saturated carbocycles. The smallest absolute Gasteiger partial charge is 0.143 e. The number of hydrogen-bond acceptors (Lipinski definition) is 3. The van der Waals surface area contributed by atoms with Gasteiger partial charge >= 0.3 is 0 Å². The summed E-state index contributed by atoms with van der Waals surface area (Å²) in [5, 5.41) is 6.10. The first-order chi connectivity index (χ1) is 25.3. The van der Waals surface area contributed by atoms with E-state index in [1.54, 1.807) is 6.08 Å². The van der Waals surface area contributed by atoms with Crippen molar-refractivity contribution in [2.24, 2.45) is 5.92 Å². The molecule has 0 bridgehead atoms. The van der Waals surface area contributed by atoms with Crippen LogP contribution in [0.15, 0.2) is 161 Å². The summed E-state index contributed by atoms with van der Waals surface area (Å²) in [7, 11) is 0. The number of furan rings is 1. The molecule has 2 aliphatic rings. The Morgan fingerprint density at radius 1 is 0.654 bits per heavy atom. The van der Waals surface area contributed by atoms with E-state index in [-0.39, 0.29) is 23.6 Å². The number of halogens is 2. The molecule has 0 fully saturated rings. The summed E-state index contributed by atoms with van der Waals surface area (Å²) in [6.45, 7) is 6.30. The van der Waals surface area contributed by atoms with Crippen LogP contribution >= 0.6 is 0 Å². The van der Waals surface area contributed by atoms with E-state index in [9.17, 15) is 8.78 Å². The molecule has 5 heteroatoms. The molecule has 0 spiro atoms. The van der Waals surface area contributed by atoms with Crippen LogP contribution in [-0.4, -0.2) is 6.04 Å². The highest BCUT2D eigenvalue weighted by molar-refractivity contribution is 6.25. The van der Waals surface area contributed by atoms with Crippen LogP contribution < -0.4 is 9.80 Å². The minimum absolute atomic E-state index is 0.0229. The fourth-order valence-corrected chi connectivity index (χ4v) is 8.01. The van der Waals surface area contributed by atoms with Gasteiger partial charge < -0.3 is 14.2 Å². The van der Waals surface area contributed by atoms with Gasteiger partial charge in [-0.15, -0.1) is 0 Å². The molecule has 2 atom stereocenters. The molecule has 2 aliphatic carbocycles. The first-order valence-electron chi connectivity index (χ1n) is 18.0. The molecule has 256 valence electrons. The molecule has 0 aliphatic heterocycles. The zero-order valence-corrected chi connectivity index (χ0v) is 29.4. The standard InChI is InChI=1S/C47H38F2N2O/c1-29-12-19-34(20-13-29)50(35-23-16-32(48)17-24-35)44-27-41-42-28-45(51(36-21-14-30(2)15-22-36)43-25-18-33(49)26-31(43)3)38-9-5-7-11-40(38)47(42)52-46(41)39-10-6-4-8-37(39)44/h4-19,21-25,27-28,31,34H,20,26H2,1-3H3. The van der Waals surface area contributed by atoms with Crippen molar-refractivity contribution in [2.45, 2.75) is 39.7 Å². The molecule has 0 amide bonds. The maximum atomic E-state index is 14.6. The van der Waals surface area contributed by atoms with Crippen LogP contribution in [0.3, 0.4) is 0 Å². The van der Waals surface area contributed by atoms with Crippen molar-refractivity contribution in [1.82, 2.24) is 0 Å². The minimum atomic E-state index is -0.266. The zero-order chi connectivity index (χ0) is 35.5. The van der Waals surface area contributed by atoms with Crippen molar-refractivity contribution >= 4 is 66.2 Å². The largest absolute Gasteiger partial charge is 0.455 e. The monoisotopic (exact) mass is 684 g/mol. The lowest BCUT2D eigenvalue weighted by Crippen LogP contribution is -2.30. The van der Waals surface area contributed by atoms with Gasteiger partial charge in [0, 0.05) is 61.7 Å². The Bertz CT molecular complexity index is 2640. The second-order valence-electron chi connectivity index (χ2n) is 14.2. The van der Waals surface area contributed by atoms with E-state index >= 15 is 0 Å². The minimum Gasteiger partial charge on any atom is -0.455 e. The maximum Gasteiger partial charge on any atom is 0.143 e. The third-order valence-corrected chi connectivity index (χ3v) is 10.6. The summed E-state index contributed by atoms with van der Waals surface area (Å²) >= 11 is 0. The van der Waals surface area contributed by atoms with Crippen LogP contribution in [-0.2, 0) is 0 Å². The van der Waals surface area contributed by atoms with Gasteiger partial charge in [-0.05, 0) is 81.0 Å². The predicted octanol–water partition coefficient (Wildman–Crippen LogP) is 13.7. The number of aryl methyl sites for hydroxylation is 1. The van der Waals surface area contributed by atoms with Crippen LogP contribution in [0, 0.1) is 18.7 Å². The van der Waals surface area contributed by atoms with Crippen LogP contribution in [0.5, 0.6) is 0 Å². The fourth-order valence-electron chi connectivity index (χ4n) is 8.01. The summed E-state index contributed by atoms with van der Waals surface area (Å²) in [6, 6.07) is 36.6. The summed E-state index contributed by atoms with van der Waals surface area (Å²) in [5.41, 5.74) is 9.03. The summed E-state index contributed by atoms with van der Waals surface area (Å²) < 4.78 is 35.9. The van der Waals surface area contributed by atoms with E-state index in [4.69, 9.17) is 4.42 Å². The highest BCUT2D eigenvalue weighted by atomic mass is 19.1. The van der Waals surface area contributed by atoms with Crippen molar-refractivity contribution in [3.63, 3.8) is 0 Å². The number of fused-ring (bicyclic) bond motifs is 7.